The molecule has 1 aromatic carbocycles. The Morgan fingerprint density at radius 1 is 1.05 bits per heavy atom. The van der Waals surface area contributed by atoms with E-state index in [1.807, 2.05) is 0 Å². The van der Waals surface area contributed by atoms with E-state index < -0.39 is 15.8 Å². The maximum Gasteiger partial charge on any atom is 0.243 e. The average molecular weight is 314 g/mol. The first-order valence-electron chi connectivity index (χ1n) is 7.52. The first kappa shape index (κ1) is 16.4. The largest absolute Gasteiger partial charge is 0.301 e. The van der Waals surface area contributed by atoms with Crippen molar-refractivity contribution in [3.8, 4) is 0 Å². The molecule has 0 spiro atoms. The van der Waals surface area contributed by atoms with Crippen molar-refractivity contribution in [2.24, 2.45) is 0 Å². The molecule has 118 valence electrons. The van der Waals surface area contributed by atoms with E-state index >= 15 is 0 Å². The standard InChI is InChI=1S/C15H23FN2O2S/c1-2-3-4-9-17-10-12-18(13-11-17)21(19,20)15-7-5-14(16)6-8-15/h5-8H,2-4,9-13H2,1H3. The Labute approximate surface area is 126 Å². The molecule has 1 aromatic rings. The van der Waals surface area contributed by atoms with Gasteiger partial charge in [-0.2, -0.15) is 4.31 Å². The third-order valence-electron chi connectivity index (χ3n) is 3.86. The zero-order chi connectivity index (χ0) is 15.3. The van der Waals surface area contributed by atoms with Gasteiger partial charge in [0.05, 0.1) is 4.90 Å². The van der Waals surface area contributed by atoms with Crippen molar-refractivity contribution in [3.63, 3.8) is 0 Å². The van der Waals surface area contributed by atoms with Gasteiger partial charge in [-0.3, -0.25) is 0 Å². The van der Waals surface area contributed by atoms with Crippen LogP contribution in [0.5, 0.6) is 0 Å². The Morgan fingerprint density at radius 3 is 2.24 bits per heavy atom. The fourth-order valence-corrected chi connectivity index (χ4v) is 3.96. The van der Waals surface area contributed by atoms with E-state index in [0.717, 1.165) is 19.6 Å². The number of halogens is 1. The molecule has 0 aliphatic carbocycles. The Bertz CT molecular complexity index is 537. The highest BCUT2D eigenvalue weighted by Gasteiger charge is 2.28. The number of benzene rings is 1. The van der Waals surface area contributed by atoms with Crippen LogP contribution < -0.4 is 0 Å². The number of rotatable bonds is 6. The summed E-state index contributed by atoms with van der Waals surface area (Å²) in [6.45, 7) is 5.76. The zero-order valence-electron chi connectivity index (χ0n) is 12.5. The van der Waals surface area contributed by atoms with Crippen molar-refractivity contribution in [2.75, 3.05) is 32.7 Å². The van der Waals surface area contributed by atoms with Gasteiger partial charge in [0, 0.05) is 26.2 Å². The minimum Gasteiger partial charge on any atom is -0.301 e. The van der Waals surface area contributed by atoms with E-state index in [-0.39, 0.29) is 4.90 Å². The molecule has 1 aliphatic heterocycles. The molecule has 1 fully saturated rings. The molecule has 1 heterocycles. The van der Waals surface area contributed by atoms with Crippen LogP contribution in [0.2, 0.25) is 0 Å². The Balaban J connectivity index is 1.93. The molecule has 4 nitrogen and oxygen atoms in total. The van der Waals surface area contributed by atoms with E-state index in [4.69, 9.17) is 0 Å². The molecular formula is C15H23FN2O2S. The maximum absolute atomic E-state index is 12.9. The van der Waals surface area contributed by atoms with Gasteiger partial charge in [-0.05, 0) is 37.2 Å². The summed E-state index contributed by atoms with van der Waals surface area (Å²) in [4.78, 5) is 2.48. The molecule has 0 saturated carbocycles. The fourth-order valence-electron chi connectivity index (χ4n) is 2.53. The number of hydrogen-bond acceptors (Lipinski definition) is 3. The van der Waals surface area contributed by atoms with E-state index in [9.17, 15) is 12.8 Å². The number of nitrogens with zero attached hydrogens (tertiary/aromatic N) is 2. The van der Waals surface area contributed by atoms with Gasteiger partial charge in [0.2, 0.25) is 10.0 Å². The normalized spacial score (nSPS) is 18.0. The predicted molar refractivity (Wildman–Crippen MR) is 81.1 cm³/mol. The quantitative estimate of drug-likeness (QED) is 0.757. The van der Waals surface area contributed by atoms with Gasteiger partial charge in [0.25, 0.3) is 0 Å². The van der Waals surface area contributed by atoms with Crippen LogP contribution in [-0.4, -0.2) is 50.3 Å². The van der Waals surface area contributed by atoms with Gasteiger partial charge in [-0.1, -0.05) is 19.8 Å². The highest BCUT2D eigenvalue weighted by atomic mass is 32.2. The van der Waals surface area contributed by atoms with Crippen LogP contribution in [0.15, 0.2) is 29.2 Å². The molecule has 0 N–H and O–H groups in total. The van der Waals surface area contributed by atoms with Gasteiger partial charge in [0.1, 0.15) is 5.82 Å². The smallest absolute Gasteiger partial charge is 0.243 e. The number of piperazine rings is 1. The van der Waals surface area contributed by atoms with Gasteiger partial charge in [0.15, 0.2) is 0 Å². The second-order valence-corrected chi connectivity index (χ2v) is 7.34. The van der Waals surface area contributed by atoms with Crippen LogP contribution >= 0.6 is 0 Å². The second-order valence-electron chi connectivity index (χ2n) is 5.41. The molecule has 21 heavy (non-hydrogen) atoms. The van der Waals surface area contributed by atoms with Crippen LogP contribution in [0.1, 0.15) is 26.2 Å². The van der Waals surface area contributed by atoms with Crippen molar-refractivity contribution in [2.45, 2.75) is 31.1 Å². The lowest BCUT2D eigenvalue weighted by Gasteiger charge is -2.33. The zero-order valence-corrected chi connectivity index (χ0v) is 13.3. The maximum atomic E-state index is 12.9. The summed E-state index contributed by atoms with van der Waals surface area (Å²) in [5.74, 6) is -0.422. The molecule has 1 saturated heterocycles. The Morgan fingerprint density at radius 2 is 1.67 bits per heavy atom. The topological polar surface area (TPSA) is 40.6 Å². The predicted octanol–water partition coefficient (Wildman–Crippen LogP) is 2.32. The van der Waals surface area contributed by atoms with Crippen molar-refractivity contribution in [3.05, 3.63) is 30.1 Å². The number of sulfonamides is 1. The molecule has 0 amide bonds. The average Bonchev–Trinajstić information content (AvgIpc) is 2.48. The van der Waals surface area contributed by atoms with Crippen molar-refractivity contribution >= 4 is 10.0 Å². The lowest BCUT2D eigenvalue weighted by atomic mass is 10.2. The van der Waals surface area contributed by atoms with Crippen LogP contribution in [0.4, 0.5) is 4.39 Å². The molecule has 1 aliphatic rings. The minimum absolute atomic E-state index is 0.170. The summed E-state index contributed by atoms with van der Waals surface area (Å²) in [5, 5.41) is 0. The molecule has 0 unspecified atom stereocenters. The molecule has 0 bridgehead atoms. The van der Waals surface area contributed by atoms with Crippen molar-refractivity contribution in [1.82, 2.24) is 9.21 Å². The van der Waals surface area contributed by atoms with Gasteiger partial charge >= 0.3 is 0 Å². The molecule has 0 radical (unpaired) electrons. The molecule has 2 rings (SSSR count). The minimum atomic E-state index is -3.49. The van der Waals surface area contributed by atoms with Crippen LogP contribution in [-0.2, 0) is 10.0 Å². The monoisotopic (exact) mass is 314 g/mol. The third kappa shape index (κ3) is 4.25. The van der Waals surface area contributed by atoms with Crippen LogP contribution in [0.3, 0.4) is 0 Å². The molecular weight excluding hydrogens is 291 g/mol. The van der Waals surface area contributed by atoms with Crippen molar-refractivity contribution < 1.29 is 12.8 Å². The summed E-state index contributed by atoms with van der Waals surface area (Å²) in [6, 6.07) is 5.04. The highest BCUT2D eigenvalue weighted by molar-refractivity contribution is 7.89. The number of unbranched alkanes of at least 4 members (excludes halogenated alkanes) is 2. The second kappa shape index (κ2) is 7.33. The summed E-state index contributed by atoms with van der Waals surface area (Å²) in [7, 11) is -3.49. The summed E-state index contributed by atoms with van der Waals surface area (Å²) in [5.41, 5.74) is 0. The SMILES string of the molecule is CCCCCN1CCN(S(=O)(=O)c2ccc(F)cc2)CC1. The Kier molecular flexibility index (Phi) is 5.72. The molecule has 0 aromatic heterocycles. The third-order valence-corrected chi connectivity index (χ3v) is 5.77. The van der Waals surface area contributed by atoms with Crippen molar-refractivity contribution in [1.29, 1.82) is 0 Å². The van der Waals surface area contributed by atoms with E-state index in [0.29, 0.717) is 13.1 Å². The lowest BCUT2D eigenvalue weighted by molar-refractivity contribution is 0.185. The molecule has 6 heteroatoms. The molecule has 0 atom stereocenters. The van der Waals surface area contributed by atoms with Gasteiger partial charge in [-0.15, -0.1) is 0 Å². The Hall–Kier alpha value is -0.980. The van der Waals surface area contributed by atoms with E-state index in [1.165, 1.54) is 47.8 Å². The van der Waals surface area contributed by atoms with Crippen LogP contribution in [0.25, 0.3) is 0 Å². The fraction of sp³-hybridized carbons (Fsp3) is 0.600. The first-order chi connectivity index (χ1) is 10.0. The summed E-state index contributed by atoms with van der Waals surface area (Å²) in [6.07, 6.45) is 3.58. The van der Waals surface area contributed by atoms with Gasteiger partial charge < -0.3 is 4.90 Å². The first-order valence-corrected chi connectivity index (χ1v) is 8.96. The highest BCUT2D eigenvalue weighted by Crippen LogP contribution is 2.18. The number of hydrogen-bond donors (Lipinski definition) is 0. The summed E-state index contributed by atoms with van der Waals surface area (Å²) < 4.78 is 39.3. The summed E-state index contributed by atoms with van der Waals surface area (Å²) >= 11 is 0. The van der Waals surface area contributed by atoms with Gasteiger partial charge in [-0.25, -0.2) is 12.8 Å². The van der Waals surface area contributed by atoms with Crippen LogP contribution in [0, 0.1) is 5.82 Å². The van der Waals surface area contributed by atoms with E-state index in [2.05, 4.69) is 11.8 Å². The lowest BCUT2D eigenvalue weighted by Crippen LogP contribution is -2.48. The van der Waals surface area contributed by atoms with E-state index in [1.54, 1.807) is 0 Å².